The highest BCUT2D eigenvalue weighted by Crippen LogP contribution is 2.44. The van der Waals surface area contributed by atoms with Crippen molar-refractivity contribution in [1.82, 2.24) is 10.2 Å². The summed E-state index contributed by atoms with van der Waals surface area (Å²) >= 11 is 0. The Morgan fingerprint density at radius 2 is 1.57 bits per heavy atom. The van der Waals surface area contributed by atoms with Crippen LogP contribution < -0.4 is 24.3 Å². The number of hydrogen-bond acceptors (Lipinski definition) is 5. The highest BCUT2D eigenvalue weighted by atomic mass is 16.5. The van der Waals surface area contributed by atoms with E-state index in [-0.39, 0.29) is 6.03 Å². The third-order valence-electron chi connectivity index (χ3n) is 7.05. The molecule has 0 unspecified atom stereocenters. The van der Waals surface area contributed by atoms with Crippen LogP contribution in [-0.4, -0.2) is 59.0 Å². The van der Waals surface area contributed by atoms with E-state index in [0.29, 0.717) is 42.0 Å². The monoisotopic (exact) mass is 480 g/mol. The van der Waals surface area contributed by atoms with Gasteiger partial charge in [-0.1, -0.05) is 31.4 Å². The van der Waals surface area contributed by atoms with E-state index >= 15 is 0 Å². The fourth-order valence-corrected chi connectivity index (χ4v) is 5.07. The molecule has 2 amide bonds. The van der Waals surface area contributed by atoms with Crippen LogP contribution in [0, 0.1) is 0 Å². The van der Waals surface area contributed by atoms with Gasteiger partial charge in [-0.3, -0.25) is 0 Å². The minimum Gasteiger partial charge on any atom is -0.493 e. The quantitative estimate of drug-likeness (QED) is 0.429. The predicted octanol–water partition coefficient (Wildman–Crippen LogP) is 5.54. The Morgan fingerprint density at radius 3 is 2.23 bits per heavy atom. The standard InChI is InChI=1S/C28H36N2O5/c1-30(28(31)29-20-9-7-6-8-10-20)14-13-19-16-25(34-4)27(35-5)26-21(19)12-11-18-15-23(32-2)24(33-3)17-22(18)26/h11-12,15-17,20H,6-10,13-14H2,1-5H3,(H,29,31). The van der Waals surface area contributed by atoms with Crippen molar-refractivity contribution in [2.75, 3.05) is 42.0 Å². The van der Waals surface area contributed by atoms with E-state index < -0.39 is 0 Å². The molecule has 7 nitrogen and oxygen atoms in total. The Bertz CT molecular complexity index is 1200. The first-order chi connectivity index (χ1) is 17.0. The van der Waals surface area contributed by atoms with E-state index in [2.05, 4.69) is 17.4 Å². The predicted molar refractivity (Wildman–Crippen MR) is 139 cm³/mol. The third-order valence-corrected chi connectivity index (χ3v) is 7.05. The minimum absolute atomic E-state index is 0.0102. The first kappa shape index (κ1) is 24.8. The fraction of sp³-hybridized carbons (Fsp3) is 0.464. The van der Waals surface area contributed by atoms with Crippen molar-refractivity contribution in [3.63, 3.8) is 0 Å². The lowest BCUT2D eigenvalue weighted by Gasteiger charge is -2.26. The molecular weight excluding hydrogens is 444 g/mol. The first-order valence-corrected chi connectivity index (χ1v) is 12.2. The zero-order valence-corrected chi connectivity index (χ0v) is 21.4. The van der Waals surface area contributed by atoms with Crippen LogP contribution in [0.2, 0.25) is 0 Å². The number of likely N-dealkylation sites (N-methyl/N-ethyl adjacent to an activating group) is 1. The van der Waals surface area contributed by atoms with Crippen molar-refractivity contribution in [1.29, 1.82) is 0 Å². The zero-order chi connectivity index (χ0) is 24.9. The lowest BCUT2D eigenvalue weighted by atomic mass is 9.95. The number of nitrogens with one attached hydrogen (secondary N) is 1. The van der Waals surface area contributed by atoms with Gasteiger partial charge in [-0.25, -0.2) is 4.79 Å². The SMILES string of the molecule is COc1cc2ccc3c(CCN(C)C(=O)NC4CCCCC4)cc(OC)c(OC)c3c2cc1OC. The summed E-state index contributed by atoms with van der Waals surface area (Å²) in [5.74, 6) is 2.66. The average Bonchev–Trinajstić information content (AvgIpc) is 2.90. The number of carbonyl (C=O) groups is 1. The van der Waals surface area contributed by atoms with Gasteiger partial charge in [0.2, 0.25) is 0 Å². The van der Waals surface area contributed by atoms with Crippen LogP contribution in [0.4, 0.5) is 4.79 Å². The molecule has 0 spiro atoms. The number of carbonyl (C=O) groups excluding carboxylic acids is 1. The number of fused-ring (bicyclic) bond motifs is 3. The maximum atomic E-state index is 12.8. The van der Waals surface area contributed by atoms with Gasteiger partial charge >= 0.3 is 6.03 Å². The normalized spacial score (nSPS) is 14.1. The Morgan fingerprint density at radius 1 is 0.886 bits per heavy atom. The second kappa shape index (κ2) is 10.9. The molecule has 3 aromatic carbocycles. The van der Waals surface area contributed by atoms with Gasteiger partial charge in [0.15, 0.2) is 23.0 Å². The Labute approximate surface area is 207 Å². The minimum atomic E-state index is -0.0102. The molecule has 7 heteroatoms. The highest BCUT2D eigenvalue weighted by Gasteiger charge is 2.20. The van der Waals surface area contributed by atoms with Gasteiger partial charge in [0, 0.05) is 25.0 Å². The molecular formula is C28H36N2O5. The molecule has 3 aromatic rings. The second-order valence-electron chi connectivity index (χ2n) is 9.14. The van der Waals surface area contributed by atoms with Gasteiger partial charge in [-0.15, -0.1) is 0 Å². The number of urea groups is 1. The van der Waals surface area contributed by atoms with Crippen LogP contribution in [-0.2, 0) is 6.42 Å². The van der Waals surface area contributed by atoms with Crippen molar-refractivity contribution in [2.45, 2.75) is 44.6 Å². The van der Waals surface area contributed by atoms with E-state index in [1.807, 2.05) is 25.2 Å². The Kier molecular flexibility index (Phi) is 7.73. The van der Waals surface area contributed by atoms with Crippen LogP contribution in [0.3, 0.4) is 0 Å². The van der Waals surface area contributed by atoms with Crippen molar-refractivity contribution in [3.05, 3.63) is 35.9 Å². The number of rotatable bonds is 8. The van der Waals surface area contributed by atoms with Crippen molar-refractivity contribution < 1.29 is 23.7 Å². The van der Waals surface area contributed by atoms with Gasteiger partial charge in [-0.2, -0.15) is 0 Å². The van der Waals surface area contributed by atoms with Gasteiger partial charge in [-0.05, 0) is 59.2 Å². The van der Waals surface area contributed by atoms with Gasteiger partial charge < -0.3 is 29.2 Å². The molecule has 0 saturated heterocycles. The van der Waals surface area contributed by atoms with E-state index in [4.69, 9.17) is 18.9 Å². The summed E-state index contributed by atoms with van der Waals surface area (Å²) < 4.78 is 22.6. The van der Waals surface area contributed by atoms with E-state index in [1.54, 1.807) is 33.3 Å². The number of methoxy groups -OCH3 is 4. The molecule has 0 radical (unpaired) electrons. The lowest BCUT2D eigenvalue weighted by Crippen LogP contribution is -2.44. The molecule has 4 rings (SSSR count). The average molecular weight is 481 g/mol. The van der Waals surface area contributed by atoms with Crippen LogP contribution in [0.1, 0.15) is 37.7 Å². The number of amides is 2. The molecule has 0 atom stereocenters. The van der Waals surface area contributed by atoms with Crippen molar-refractivity contribution in [2.24, 2.45) is 0 Å². The molecule has 0 bridgehead atoms. The van der Waals surface area contributed by atoms with Crippen LogP contribution >= 0.6 is 0 Å². The highest BCUT2D eigenvalue weighted by molar-refractivity contribution is 6.13. The summed E-state index contributed by atoms with van der Waals surface area (Å²) in [6, 6.07) is 10.4. The molecule has 1 N–H and O–H groups in total. The summed E-state index contributed by atoms with van der Waals surface area (Å²) in [7, 11) is 8.42. The summed E-state index contributed by atoms with van der Waals surface area (Å²) in [6.45, 7) is 0.590. The van der Waals surface area contributed by atoms with E-state index in [1.165, 1.54) is 19.3 Å². The summed E-state index contributed by atoms with van der Waals surface area (Å²) in [4.78, 5) is 14.5. The number of nitrogens with zero attached hydrogens (tertiary/aromatic N) is 1. The summed E-state index contributed by atoms with van der Waals surface area (Å²) in [5.41, 5.74) is 1.09. The number of hydrogen-bond donors (Lipinski definition) is 1. The van der Waals surface area contributed by atoms with Crippen molar-refractivity contribution >= 4 is 27.6 Å². The molecule has 1 aliphatic carbocycles. The molecule has 0 aromatic heterocycles. The van der Waals surface area contributed by atoms with Crippen LogP contribution in [0.5, 0.6) is 23.0 Å². The van der Waals surface area contributed by atoms with Gasteiger partial charge in [0.05, 0.1) is 28.4 Å². The van der Waals surface area contributed by atoms with E-state index in [9.17, 15) is 4.79 Å². The topological polar surface area (TPSA) is 69.3 Å². The lowest BCUT2D eigenvalue weighted by molar-refractivity contribution is 0.201. The zero-order valence-electron chi connectivity index (χ0n) is 21.4. The Balaban J connectivity index is 1.69. The second-order valence-corrected chi connectivity index (χ2v) is 9.14. The molecule has 1 aliphatic rings. The maximum absolute atomic E-state index is 12.8. The molecule has 1 fully saturated rings. The van der Waals surface area contributed by atoms with Gasteiger partial charge in [0.25, 0.3) is 0 Å². The van der Waals surface area contributed by atoms with Crippen LogP contribution in [0.15, 0.2) is 30.3 Å². The molecule has 0 aliphatic heterocycles. The van der Waals surface area contributed by atoms with Crippen LogP contribution in [0.25, 0.3) is 21.5 Å². The number of benzene rings is 3. The largest absolute Gasteiger partial charge is 0.493 e. The van der Waals surface area contributed by atoms with E-state index in [0.717, 1.165) is 39.9 Å². The molecule has 0 heterocycles. The fourth-order valence-electron chi connectivity index (χ4n) is 5.07. The number of ether oxygens (including phenoxy) is 4. The Hall–Kier alpha value is -3.35. The van der Waals surface area contributed by atoms with Gasteiger partial charge in [0.1, 0.15) is 0 Å². The summed E-state index contributed by atoms with van der Waals surface area (Å²) in [5, 5.41) is 7.21. The summed E-state index contributed by atoms with van der Waals surface area (Å²) in [6.07, 6.45) is 6.47. The maximum Gasteiger partial charge on any atom is 0.317 e. The molecule has 1 saturated carbocycles. The first-order valence-electron chi connectivity index (χ1n) is 12.2. The molecule has 188 valence electrons. The molecule has 35 heavy (non-hydrogen) atoms. The smallest absolute Gasteiger partial charge is 0.317 e. The third kappa shape index (κ3) is 5.04. The van der Waals surface area contributed by atoms with Crippen molar-refractivity contribution in [3.8, 4) is 23.0 Å².